The normalized spacial score (nSPS) is 17.3. The second-order valence-electron chi connectivity index (χ2n) is 9.62. The van der Waals surface area contributed by atoms with E-state index in [1.165, 1.54) is 6.20 Å². The zero-order chi connectivity index (χ0) is 26.0. The number of thioether (sulfide) groups is 1. The number of nitrogens with zero attached hydrogens (tertiary/aromatic N) is 5. The summed E-state index contributed by atoms with van der Waals surface area (Å²) in [5.74, 6) is 2.33. The molecule has 1 spiro atoms. The molecule has 2 aromatic rings. The number of fused-ring (bicyclic) bond motifs is 1. The third-order valence-electron chi connectivity index (χ3n) is 7.19. The molecule has 0 radical (unpaired) electrons. The molecule has 3 aliphatic rings. The highest BCUT2D eigenvalue weighted by Crippen LogP contribution is 2.47. The van der Waals surface area contributed by atoms with Crippen LogP contribution in [0.4, 0.5) is 21.2 Å². The Morgan fingerprint density at radius 2 is 2.19 bits per heavy atom. The van der Waals surface area contributed by atoms with Crippen molar-refractivity contribution in [3.05, 3.63) is 40.6 Å². The van der Waals surface area contributed by atoms with Gasteiger partial charge in [-0.1, -0.05) is 0 Å². The second-order valence-corrected chi connectivity index (χ2v) is 10.6. The molecule has 2 fully saturated rings. The summed E-state index contributed by atoms with van der Waals surface area (Å²) < 4.78 is 10.9. The highest BCUT2D eigenvalue weighted by molar-refractivity contribution is 7.98. The molecular weight excluding hydrogens is 492 g/mol. The van der Waals surface area contributed by atoms with Gasteiger partial charge in [-0.05, 0) is 73.8 Å². The lowest BCUT2D eigenvalue weighted by atomic mass is 10.0. The number of cyclic esters (lactones) is 1. The minimum atomic E-state index is -0.337. The molecule has 1 aliphatic carbocycles. The first-order valence-corrected chi connectivity index (χ1v) is 13.8. The van der Waals surface area contributed by atoms with Crippen molar-refractivity contribution in [2.45, 2.75) is 50.6 Å². The predicted molar refractivity (Wildman–Crippen MR) is 140 cm³/mol. The van der Waals surface area contributed by atoms with Crippen LogP contribution in [-0.2, 0) is 24.1 Å². The summed E-state index contributed by atoms with van der Waals surface area (Å²) in [4.78, 5) is 38.0. The molecule has 194 valence electrons. The number of nitriles is 1. The summed E-state index contributed by atoms with van der Waals surface area (Å²) in [7, 11) is 1.54. The second kappa shape index (κ2) is 10.5. The van der Waals surface area contributed by atoms with Gasteiger partial charge in [0, 0.05) is 18.3 Å². The lowest BCUT2D eigenvalue weighted by Crippen LogP contribution is -2.40. The van der Waals surface area contributed by atoms with Crippen LogP contribution in [0.2, 0.25) is 0 Å². The van der Waals surface area contributed by atoms with Crippen molar-refractivity contribution >= 4 is 35.5 Å². The van der Waals surface area contributed by atoms with Gasteiger partial charge >= 0.3 is 12.1 Å². The van der Waals surface area contributed by atoms with Gasteiger partial charge in [-0.15, -0.1) is 0 Å². The van der Waals surface area contributed by atoms with Gasteiger partial charge in [0.2, 0.25) is 5.88 Å². The molecule has 1 N–H and O–H groups in total. The quantitative estimate of drug-likeness (QED) is 0.514. The maximum atomic E-state index is 13.3. The van der Waals surface area contributed by atoms with Crippen LogP contribution >= 0.6 is 11.8 Å². The Morgan fingerprint density at radius 3 is 2.92 bits per heavy atom. The number of pyridine rings is 2. The number of carbonyl (C=O) groups excluding carboxylic acids is 2. The monoisotopic (exact) mass is 522 g/mol. The van der Waals surface area contributed by atoms with Crippen molar-refractivity contribution in [3.63, 3.8) is 0 Å². The van der Waals surface area contributed by atoms with Crippen LogP contribution in [0.25, 0.3) is 0 Å². The van der Waals surface area contributed by atoms with E-state index in [1.807, 2.05) is 6.07 Å². The Balaban J connectivity index is 1.35. The maximum Gasteiger partial charge on any atom is 0.410 e. The SMILES string of the molecule is COc1nc2c(cc1CN1C(=O)OCC13CC3)CCCN2C(=O)Nc1cc(CCCSC)c(C#N)cn1. The van der Waals surface area contributed by atoms with E-state index < -0.39 is 0 Å². The summed E-state index contributed by atoms with van der Waals surface area (Å²) >= 11 is 1.76. The Hall–Kier alpha value is -3.52. The van der Waals surface area contributed by atoms with Crippen molar-refractivity contribution in [1.82, 2.24) is 14.9 Å². The lowest BCUT2D eigenvalue weighted by molar-refractivity contribution is 0.155. The van der Waals surface area contributed by atoms with E-state index >= 15 is 0 Å². The topological polar surface area (TPSA) is 121 Å². The summed E-state index contributed by atoms with van der Waals surface area (Å²) in [5, 5.41) is 12.3. The average Bonchev–Trinajstić information content (AvgIpc) is 3.64. The number of urea groups is 1. The molecule has 3 amide bonds. The van der Waals surface area contributed by atoms with Crippen LogP contribution < -0.4 is 15.0 Å². The number of methoxy groups -OCH3 is 1. The Kier molecular flexibility index (Phi) is 7.11. The molecule has 2 aromatic heterocycles. The molecule has 5 rings (SSSR count). The van der Waals surface area contributed by atoms with Gasteiger partial charge in [-0.3, -0.25) is 15.1 Å². The third kappa shape index (κ3) is 5.03. The molecule has 2 aliphatic heterocycles. The van der Waals surface area contributed by atoms with Crippen LogP contribution in [0.1, 0.15) is 47.9 Å². The smallest absolute Gasteiger partial charge is 0.410 e. The van der Waals surface area contributed by atoms with E-state index in [-0.39, 0.29) is 17.7 Å². The van der Waals surface area contributed by atoms with E-state index in [0.717, 1.165) is 61.0 Å². The van der Waals surface area contributed by atoms with Gasteiger partial charge in [0.15, 0.2) is 0 Å². The molecule has 4 heterocycles. The molecule has 37 heavy (non-hydrogen) atoms. The van der Waals surface area contributed by atoms with E-state index in [9.17, 15) is 14.9 Å². The van der Waals surface area contributed by atoms with Crippen molar-refractivity contribution in [2.24, 2.45) is 0 Å². The van der Waals surface area contributed by atoms with Crippen molar-refractivity contribution in [3.8, 4) is 11.9 Å². The van der Waals surface area contributed by atoms with Crippen molar-refractivity contribution in [2.75, 3.05) is 42.5 Å². The van der Waals surface area contributed by atoms with Gasteiger partial charge < -0.3 is 9.47 Å². The van der Waals surface area contributed by atoms with E-state index in [2.05, 4.69) is 22.6 Å². The van der Waals surface area contributed by atoms with Crippen LogP contribution in [0.15, 0.2) is 18.3 Å². The molecule has 11 heteroatoms. The fraction of sp³-hybridized carbons (Fsp3) is 0.500. The summed E-state index contributed by atoms with van der Waals surface area (Å²) in [6.45, 7) is 1.30. The molecule has 1 saturated carbocycles. The molecule has 1 saturated heterocycles. The average molecular weight is 523 g/mol. The molecule has 0 bridgehead atoms. The Bertz CT molecular complexity index is 1260. The Morgan fingerprint density at radius 1 is 1.35 bits per heavy atom. The van der Waals surface area contributed by atoms with Gasteiger partial charge in [-0.2, -0.15) is 22.0 Å². The number of rotatable bonds is 8. The van der Waals surface area contributed by atoms with Gasteiger partial charge in [0.25, 0.3) is 0 Å². The standard InChI is InChI=1S/C26H30N6O4S/c1-35-23-19(15-32-25(34)36-16-26(32)7-8-26)11-18-5-3-9-31(22(18)30-23)24(33)29-21-12-17(6-4-10-37-2)20(13-27)14-28-21/h11-12,14H,3-10,15-16H2,1-2H3,(H,28,29,33). The molecule has 0 unspecified atom stereocenters. The number of aromatic nitrogens is 2. The number of hydrogen-bond acceptors (Lipinski definition) is 8. The molecule has 0 aromatic carbocycles. The van der Waals surface area contributed by atoms with Crippen LogP contribution in [0.3, 0.4) is 0 Å². The zero-order valence-electron chi connectivity index (χ0n) is 21.1. The van der Waals surface area contributed by atoms with Gasteiger partial charge in [0.1, 0.15) is 24.3 Å². The van der Waals surface area contributed by atoms with E-state index in [1.54, 1.807) is 34.7 Å². The number of ether oxygens (including phenoxy) is 2. The Labute approximate surface area is 220 Å². The van der Waals surface area contributed by atoms with Crippen molar-refractivity contribution < 1.29 is 19.1 Å². The first-order chi connectivity index (χ1) is 18.0. The number of nitrogens with one attached hydrogen (secondary N) is 1. The van der Waals surface area contributed by atoms with E-state index in [4.69, 9.17) is 14.5 Å². The number of hydrogen-bond donors (Lipinski definition) is 1. The fourth-order valence-electron chi connectivity index (χ4n) is 4.98. The van der Waals surface area contributed by atoms with Crippen LogP contribution in [-0.4, -0.2) is 64.8 Å². The lowest BCUT2D eigenvalue weighted by Gasteiger charge is -2.30. The van der Waals surface area contributed by atoms with Gasteiger partial charge in [0.05, 0.1) is 24.8 Å². The summed E-state index contributed by atoms with van der Waals surface area (Å²) in [6, 6.07) is 5.62. The van der Waals surface area contributed by atoms with E-state index in [0.29, 0.717) is 42.8 Å². The maximum absolute atomic E-state index is 13.3. The number of anilines is 2. The molecule has 10 nitrogen and oxygen atoms in total. The predicted octanol–water partition coefficient (Wildman–Crippen LogP) is 4.12. The molecular formula is C26H30N6O4S. The van der Waals surface area contributed by atoms with Crippen LogP contribution in [0.5, 0.6) is 5.88 Å². The fourth-order valence-corrected chi connectivity index (χ4v) is 5.41. The van der Waals surface area contributed by atoms with Crippen LogP contribution in [0, 0.1) is 11.3 Å². The highest BCUT2D eigenvalue weighted by Gasteiger charge is 2.56. The number of aryl methyl sites for hydroxylation is 2. The first-order valence-electron chi connectivity index (χ1n) is 12.5. The number of amides is 3. The third-order valence-corrected chi connectivity index (χ3v) is 7.89. The van der Waals surface area contributed by atoms with Gasteiger partial charge in [-0.25, -0.2) is 14.6 Å². The summed E-state index contributed by atoms with van der Waals surface area (Å²) in [5.41, 5.74) is 2.94. The largest absolute Gasteiger partial charge is 0.481 e. The minimum absolute atomic E-state index is 0.188. The number of carbonyl (C=O) groups is 2. The highest BCUT2D eigenvalue weighted by atomic mass is 32.2. The summed E-state index contributed by atoms with van der Waals surface area (Å²) in [6.07, 6.45) is 8.38. The zero-order valence-corrected chi connectivity index (χ0v) is 21.9. The minimum Gasteiger partial charge on any atom is -0.481 e. The van der Waals surface area contributed by atoms with Crippen molar-refractivity contribution in [1.29, 1.82) is 5.26 Å². The molecule has 0 atom stereocenters. The first kappa shape index (κ1) is 25.1.